The number of hydrogen-bond donors (Lipinski definition) is 1. The van der Waals surface area contributed by atoms with Gasteiger partial charge in [-0.15, -0.1) is 0 Å². The van der Waals surface area contributed by atoms with E-state index in [1.54, 1.807) is 18.2 Å². The molecule has 0 amide bonds. The van der Waals surface area contributed by atoms with E-state index in [1.165, 1.54) is 14.2 Å². The zero-order valence-electron chi connectivity index (χ0n) is 9.60. The fraction of sp³-hybridized carbons (Fsp3) is 0.455. The van der Waals surface area contributed by atoms with Gasteiger partial charge in [0.15, 0.2) is 0 Å². The summed E-state index contributed by atoms with van der Waals surface area (Å²) in [6.45, 7) is -0.917. The van der Waals surface area contributed by atoms with Crippen molar-refractivity contribution in [3.8, 4) is 11.5 Å². The van der Waals surface area contributed by atoms with Crippen molar-refractivity contribution in [2.24, 2.45) is 0 Å². The Balaban J connectivity index is 2.64. The summed E-state index contributed by atoms with van der Waals surface area (Å²) in [4.78, 5) is 0. The van der Waals surface area contributed by atoms with Gasteiger partial charge in [0.1, 0.15) is 11.5 Å². The van der Waals surface area contributed by atoms with Gasteiger partial charge in [0.2, 0.25) is 0 Å². The molecule has 0 unspecified atom stereocenters. The highest BCUT2D eigenvalue weighted by Crippen LogP contribution is 2.22. The molecule has 17 heavy (non-hydrogen) atoms. The fourth-order valence-corrected chi connectivity index (χ4v) is 1.32. The molecule has 96 valence electrons. The van der Waals surface area contributed by atoms with E-state index < -0.39 is 12.7 Å². The number of methoxy groups -OCH3 is 2. The Hall–Kier alpha value is -1.43. The summed E-state index contributed by atoms with van der Waals surface area (Å²) >= 11 is 0. The van der Waals surface area contributed by atoms with Crippen LogP contribution in [0.1, 0.15) is 5.56 Å². The SMILES string of the molecule is COc1cc(CNCC(F)(F)F)cc(OC)c1. The third-order valence-electron chi connectivity index (χ3n) is 2.07. The van der Waals surface area contributed by atoms with Crippen molar-refractivity contribution in [1.82, 2.24) is 5.32 Å². The van der Waals surface area contributed by atoms with Crippen LogP contribution in [0.4, 0.5) is 13.2 Å². The molecule has 0 radical (unpaired) electrons. The predicted octanol–water partition coefficient (Wildman–Crippen LogP) is 2.36. The zero-order valence-corrected chi connectivity index (χ0v) is 9.60. The molecule has 0 heterocycles. The molecule has 0 aliphatic rings. The Bertz CT molecular complexity index is 344. The van der Waals surface area contributed by atoms with Gasteiger partial charge in [-0.2, -0.15) is 13.2 Å². The summed E-state index contributed by atoms with van der Waals surface area (Å²) < 4.78 is 45.8. The first-order valence-electron chi connectivity index (χ1n) is 4.94. The lowest BCUT2D eigenvalue weighted by Crippen LogP contribution is -2.28. The van der Waals surface area contributed by atoms with Gasteiger partial charge in [0.25, 0.3) is 0 Å². The molecule has 0 saturated heterocycles. The van der Waals surface area contributed by atoms with E-state index in [1.807, 2.05) is 0 Å². The normalized spacial score (nSPS) is 11.4. The maximum atomic E-state index is 11.9. The van der Waals surface area contributed by atoms with Crippen molar-refractivity contribution in [1.29, 1.82) is 0 Å². The van der Waals surface area contributed by atoms with Crippen LogP contribution < -0.4 is 14.8 Å². The molecule has 0 aliphatic carbocycles. The summed E-state index contributed by atoms with van der Waals surface area (Å²) in [6, 6.07) is 4.98. The Labute approximate surface area is 97.5 Å². The van der Waals surface area contributed by atoms with E-state index in [0.29, 0.717) is 17.1 Å². The fourth-order valence-electron chi connectivity index (χ4n) is 1.32. The van der Waals surface area contributed by atoms with Crippen molar-refractivity contribution < 1.29 is 22.6 Å². The topological polar surface area (TPSA) is 30.5 Å². The van der Waals surface area contributed by atoms with E-state index in [0.717, 1.165) is 0 Å². The largest absolute Gasteiger partial charge is 0.497 e. The van der Waals surface area contributed by atoms with Crippen molar-refractivity contribution in [2.45, 2.75) is 12.7 Å². The van der Waals surface area contributed by atoms with Crippen LogP contribution in [0.25, 0.3) is 0 Å². The third-order valence-corrected chi connectivity index (χ3v) is 2.07. The number of ether oxygens (including phenoxy) is 2. The second kappa shape index (κ2) is 5.77. The first kappa shape index (κ1) is 13.6. The molecule has 1 aromatic rings. The molecule has 1 N–H and O–H groups in total. The maximum absolute atomic E-state index is 11.9. The lowest BCUT2D eigenvalue weighted by molar-refractivity contribution is -0.125. The zero-order chi connectivity index (χ0) is 12.9. The van der Waals surface area contributed by atoms with Gasteiger partial charge in [0, 0.05) is 12.6 Å². The van der Waals surface area contributed by atoms with Crippen LogP contribution in [-0.2, 0) is 6.54 Å². The average Bonchev–Trinajstić information content (AvgIpc) is 2.26. The molecular weight excluding hydrogens is 235 g/mol. The summed E-state index contributed by atoms with van der Waals surface area (Å²) in [6.07, 6.45) is -4.21. The van der Waals surface area contributed by atoms with E-state index in [9.17, 15) is 13.2 Å². The second-order valence-electron chi connectivity index (χ2n) is 3.44. The van der Waals surface area contributed by atoms with Crippen molar-refractivity contribution in [2.75, 3.05) is 20.8 Å². The van der Waals surface area contributed by atoms with Gasteiger partial charge in [-0.1, -0.05) is 0 Å². The monoisotopic (exact) mass is 249 g/mol. The first-order chi connectivity index (χ1) is 7.94. The lowest BCUT2D eigenvalue weighted by atomic mass is 10.2. The van der Waals surface area contributed by atoms with Gasteiger partial charge in [-0.3, -0.25) is 0 Å². The van der Waals surface area contributed by atoms with Gasteiger partial charge in [-0.05, 0) is 17.7 Å². The average molecular weight is 249 g/mol. The number of nitrogens with one attached hydrogen (secondary N) is 1. The molecular formula is C11H14F3NO2. The van der Waals surface area contributed by atoms with Crippen LogP contribution in [0.15, 0.2) is 18.2 Å². The van der Waals surface area contributed by atoms with Gasteiger partial charge in [-0.25, -0.2) is 0 Å². The van der Waals surface area contributed by atoms with Crippen LogP contribution in [0.3, 0.4) is 0 Å². The summed E-state index contributed by atoms with van der Waals surface area (Å²) in [5.41, 5.74) is 0.672. The molecule has 1 aromatic carbocycles. The van der Waals surface area contributed by atoms with Crippen molar-refractivity contribution >= 4 is 0 Å². The Morgan fingerprint density at radius 3 is 2.00 bits per heavy atom. The van der Waals surface area contributed by atoms with Crippen LogP contribution in [-0.4, -0.2) is 26.9 Å². The number of benzene rings is 1. The van der Waals surface area contributed by atoms with Crippen LogP contribution in [0.2, 0.25) is 0 Å². The summed E-state index contributed by atoms with van der Waals surface area (Å²) in [5.74, 6) is 1.10. The third kappa shape index (κ3) is 4.95. The minimum absolute atomic E-state index is 0.104. The maximum Gasteiger partial charge on any atom is 0.401 e. The molecule has 0 atom stereocenters. The summed E-state index contributed by atoms with van der Waals surface area (Å²) in [7, 11) is 2.98. The van der Waals surface area contributed by atoms with E-state index in [-0.39, 0.29) is 6.54 Å². The predicted molar refractivity (Wildman–Crippen MR) is 57.3 cm³/mol. The quantitative estimate of drug-likeness (QED) is 0.869. The van der Waals surface area contributed by atoms with E-state index >= 15 is 0 Å². The number of halogens is 3. The van der Waals surface area contributed by atoms with Gasteiger partial charge >= 0.3 is 6.18 Å². The number of rotatable bonds is 5. The lowest BCUT2D eigenvalue weighted by Gasteiger charge is -2.10. The van der Waals surface area contributed by atoms with Crippen LogP contribution in [0.5, 0.6) is 11.5 Å². The minimum Gasteiger partial charge on any atom is -0.497 e. The molecule has 0 bridgehead atoms. The Kier molecular flexibility index (Phi) is 4.62. The highest BCUT2D eigenvalue weighted by Gasteiger charge is 2.26. The van der Waals surface area contributed by atoms with Crippen LogP contribution >= 0.6 is 0 Å². The Morgan fingerprint density at radius 1 is 1.06 bits per heavy atom. The van der Waals surface area contributed by atoms with Crippen molar-refractivity contribution in [3.63, 3.8) is 0 Å². The minimum atomic E-state index is -4.21. The first-order valence-corrected chi connectivity index (χ1v) is 4.94. The highest BCUT2D eigenvalue weighted by atomic mass is 19.4. The van der Waals surface area contributed by atoms with Gasteiger partial charge in [0.05, 0.1) is 20.8 Å². The van der Waals surface area contributed by atoms with Crippen molar-refractivity contribution in [3.05, 3.63) is 23.8 Å². The molecule has 0 spiro atoms. The van der Waals surface area contributed by atoms with E-state index in [4.69, 9.17) is 9.47 Å². The molecule has 6 heteroatoms. The highest BCUT2D eigenvalue weighted by molar-refractivity contribution is 5.38. The molecule has 3 nitrogen and oxygen atoms in total. The second-order valence-corrected chi connectivity index (χ2v) is 3.44. The number of hydrogen-bond acceptors (Lipinski definition) is 3. The molecule has 1 rings (SSSR count). The van der Waals surface area contributed by atoms with E-state index in [2.05, 4.69) is 5.32 Å². The molecule has 0 saturated carbocycles. The molecule has 0 aromatic heterocycles. The molecule has 0 fully saturated rings. The van der Waals surface area contributed by atoms with Gasteiger partial charge < -0.3 is 14.8 Å². The molecule has 0 aliphatic heterocycles. The Morgan fingerprint density at radius 2 is 1.59 bits per heavy atom. The van der Waals surface area contributed by atoms with Crippen LogP contribution in [0, 0.1) is 0 Å². The standard InChI is InChI=1S/C11H14F3NO2/c1-16-9-3-8(4-10(5-9)17-2)6-15-7-11(12,13)14/h3-5,15H,6-7H2,1-2H3. The smallest absolute Gasteiger partial charge is 0.401 e. The summed E-state index contributed by atoms with van der Waals surface area (Å²) in [5, 5.41) is 2.31. The number of alkyl halides is 3.